The van der Waals surface area contributed by atoms with Gasteiger partial charge in [-0.2, -0.15) is 5.10 Å². The zero-order chi connectivity index (χ0) is 19.7. The Hall–Kier alpha value is -2.14. The van der Waals surface area contributed by atoms with Crippen molar-refractivity contribution in [3.8, 4) is 0 Å². The van der Waals surface area contributed by atoms with Crippen molar-refractivity contribution in [1.29, 1.82) is 0 Å². The summed E-state index contributed by atoms with van der Waals surface area (Å²) in [5, 5.41) is 8.24. The molecule has 2 aliphatic rings. The zero-order valence-corrected chi connectivity index (χ0v) is 17.4. The summed E-state index contributed by atoms with van der Waals surface area (Å²) < 4.78 is 2.08. The van der Waals surface area contributed by atoms with E-state index in [0.717, 1.165) is 44.6 Å². The van der Waals surface area contributed by atoms with Crippen molar-refractivity contribution in [2.24, 2.45) is 0 Å². The Bertz CT molecular complexity index is 825. The number of carbonyl (C=O) groups is 1. The van der Waals surface area contributed by atoms with Crippen LogP contribution in [-0.4, -0.2) is 45.8 Å². The van der Waals surface area contributed by atoms with Crippen molar-refractivity contribution < 1.29 is 4.79 Å². The van der Waals surface area contributed by atoms with Crippen molar-refractivity contribution >= 4 is 5.91 Å². The summed E-state index contributed by atoms with van der Waals surface area (Å²) in [7, 11) is 0. The fraction of sp³-hybridized carbons (Fsp3) is 0.565. The Morgan fingerprint density at radius 3 is 2.64 bits per heavy atom. The van der Waals surface area contributed by atoms with Gasteiger partial charge in [-0.15, -0.1) is 0 Å². The molecule has 0 aliphatic carbocycles. The van der Waals surface area contributed by atoms with E-state index >= 15 is 0 Å². The molecule has 1 N–H and O–H groups in total. The Balaban J connectivity index is 1.43. The van der Waals surface area contributed by atoms with E-state index in [-0.39, 0.29) is 0 Å². The molecule has 3 heterocycles. The predicted molar refractivity (Wildman–Crippen MR) is 111 cm³/mol. The van der Waals surface area contributed by atoms with E-state index in [1.54, 1.807) is 0 Å². The number of fused-ring (bicyclic) bond motifs is 2. The molecule has 0 spiro atoms. The highest BCUT2D eigenvalue weighted by atomic mass is 16.2. The summed E-state index contributed by atoms with van der Waals surface area (Å²) in [4.78, 5) is 15.2. The van der Waals surface area contributed by atoms with Crippen LogP contribution < -0.4 is 5.32 Å². The highest BCUT2D eigenvalue weighted by Gasteiger charge is 2.37. The molecule has 2 aromatic rings. The van der Waals surface area contributed by atoms with Gasteiger partial charge in [-0.25, -0.2) is 0 Å². The van der Waals surface area contributed by atoms with Crippen molar-refractivity contribution in [1.82, 2.24) is 20.0 Å². The first kappa shape index (κ1) is 19.2. The zero-order valence-electron chi connectivity index (χ0n) is 17.4. The Morgan fingerprint density at radius 2 is 1.86 bits per heavy atom. The number of aromatic nitrogens is 2. The molecular weight excluding hydrogens is 348 g/mol. The van der Waals surface area contributed by atoms with Gasteiger partial charge >= 0.3 is 0 Å². The van der Waals surface area contributed by atoms with E-state index in [1.165, 1.54) is 28.8 Å². The van der Waals surface area contributed by atoms with Crippen molar-refractivity contribution in [2.45, 2.75) is 71.5 Å². The quantitative estimate of drug-likeness (QED) is 0.867. The van der Waals surface area contributed by atoms with Crippen LogP contribution in [0, 0.1) is 20.8 Å². The smallest absolute Gasteiger partial charge is 0.223 e. The van der Waals surface area contributed by atoms with Gasteiger partial charge in [0.15, 0.2) is 0 Å². The normalized spacial score (nSPS) is 21.8. The van der Waals surface area contributed by atoms with Crippen molar-refractivity contribution in [3.63, 3.8) is 0 Å². The fourth-order valence-corrected chi connectivity index (χ4v) is 4.87. The lowest BCUT2D eigenvalue weighted by Crippen LogP contribution is -2.42. The number of amides is 1. The first-order valence-electron chi connectivity index (χ1n) is 10.6. The van der Waals surface area contributed by atoms with Gasteiger partial charge in [-0.3, -0.25) is 9.48 Å². The van der Waals surface area contributed by atoms with E-state index < -0.39 is 0 Å². The summed E-state index contributed by atoms with van der Waals surface area (Å²) >= 11 is 0. The minimum atomic E-state index is 0.321. The lowest BCUT2D eigenvalue weighted by atomic mass is 10.1. The largest absolute Gasteiger partial charge is 0.335 e. The van der Waals surface area contributed by atoms with Gasteiger partial charge in [0, 0.05) is 30.7 Å². The highest BCUT2D eigenvalue weighted by Crippen LogP contribution is 2.29. The molecule has 2 aliphatic heterocycles. The molecule has 1 aromatic carbocycles. The number of carbonyl (C=O) groups excluding carboxylic acids is 1. The molecule has 28 heavy (non-hydrogen) atoms. The molecule has 5 nitrogen and oxygen atoms in total. The van der Waals surface area contributed by atoms with Crippen LogP contribution in [0.2, 0.25) is 0 Å². The van der Waals surface area contributed by atoms with E-state index in [9.17, 15) is 4.79 Å². The molecule has 2 bridgehead atoms. The lowest BCUT2D eigenvalue weighted by Gasteiger charge is -2.28. The molecular formula is C23H32N4O. The predicted octanol–water partition coefficient (Wildman–Crippen LogP) is 3.14. The molecule has 2 saturated heterocycles. The molecule has 150 valence electrons. The van der Waals surface area contributed by atoms with Crippen LogP contribution in [-0.2, 0) is 17.8 Å². The minimum absolute atomic E-state index is 0.321. The molecule has 0 saturated carbocycles. The number of rotatable bonds is 5. The molecule has 2 atom stereocenters. The highest BCUT2D eigenvalue weighted by molar-refractivity contribution is 5.77. The van der Waals surface area contributed by atoms with Crippen LogP contribution in [0.1, 0.15) is 53.8 Å². The van der Waals surface area contributed by atoms with Gasteiger partial charge in [0.1, 0.15) is 0 Å². The standard InChI is InChI=1S/C23H32N4O/c1-16-4-6-19(7-5-16)15-26-18(3)22(17(2)25-26)10-11-23(28)27-20-8-9-21(27)14-24-13-12-20/h4-7,20-21,24H,8-15H2,1-3H3. The van der Waals surface area contributed by atoms with Crippen molar-refractivity contribution in [3.05, 3.63) is 52.3 Å². The van der Waals surface area contributed by atoms with Crippen LogP contribution in [0.5, 0.6) is 0 Å². The summed E-state index contributed by atoms with van der Waals surface area (Å²) in [6.07, 6.45) is 4.79. The van der Waals surface area contributed by atoms with E-state index in [4.69, 9.17) is 5.10 Å². The third-order valence-corrected chi connectivity index (χ3v) is 6.52. The van der Waals surface area contributed by atoms with Gasteiger partial charge in [0.25, 0.3) is 0 Å². The number of hydrogen-bond donors (Lipinski definition) is 1. The van der Waals surface area contributed by atoms with Gasteiger partial charge in [-0.1, -0.05) is 29.8 Å². The molecule has 2 fully saturated rings. The maximum atomic E-state index is 13.0. The van der Waals surface area contributed by atoms with Gasteiger partial charge < -0.3 is 10.2 Å². The maximum Gasteiger partial charge on any atom is 0.223 e. The third-order valence-electron chi connectivity index (χ3n) is 6.52. The van der Waals surface area contributed by atoms with E-state index in [1.807, 2.05) is 0 Å². The van der Waals surface area contributed by atoms with Crippen LogP contribution in [0.25, 0.3) is 0 Å². The van der Waals surface area contributed by atoms with Gasteiger partial charge in [0.2, 0.25) is 5.91 Å². The first-order valence-corrected chi connectivity index (χ1v) is 10.6. The molecule has 1 aromatic heterocycles. The van der Waals surface area contributed by atoms with Gasteiger partial charge in [-0.05, 0) is 64.1 Å². The van der Waals surface area contributed by atoms with Gasteiger partial charge in [0.05, 0.1) is 12.2 Å². The van der Waals surface area contributed by atoms with E-state index in [2.05, 4.69) is 59.9 Å². The SMILES string of the molecule is Cc1ccc(Cn2nc(C)c(CCC(=O)N3C4CCNCC3CC4)c2C)cc1. The summed E-state index contributed by atoms with van der Waals surface area (Å²) in [5.74, 6) is 0.321. The molecule has 1 amide bonds. The Labute approximate surface area is 168 Å². The summed E-state index contributed by atoms with van der Waals surface area (Å²) in [6.45, 7) is 9.08. The van der Waals surface area contributed by atoms with Crippen LogP contribution in [0.3, 0.4) is 0 Å². The number of benzene rings is 1. The summed E-state index contributed by atoms with van der Waals surface area (Å²) in [6, 6.07) is 9.46. The maximum absolute atomic E-state index is 13.0. The van der Waals surface area contributed by atoms with Crippen LogP contribution in [0.15, 0.2) is 24.3 Å². The molecule has 0 radical (unpaired) electrons. The average Bonchev–Trinajstić information content (AvgIpc) is 3.09. The second kappa shape index (κ2) is 8.08. The lowest BCUT2D eigenvalue weighted by molar-refractivity contribution is -0.133. The Kier molecular flexibility index (Phi) is 5.54. The third kappa shape index (κ3) is 3.86. The molecule has 4 rings (SSSR count). The first-order chi connectivity index (χ1) is 13.5. The average molecular weight is 381 g/mol. The molecule has 2 unspecified atom stereocenters. The second-order valence-electron chi connectivity index (χ2n) is 8.47. The fourth-order valence-electron chi connectivity index (χ4n) is 4.87. The van der Waals surface area contributed by atoms with Crippen molar-refractivity contribution in [2.75, 3.05) is 13.1 Å². The monoisotopic (exact) mass is 380 g/mol. The molecule has 5 heteroatoms. The number of nitrogens with one attached hydrogen (secondary N) is 1. The van der Waals surface area contributed by atoms with Crippen LogP contribution >= 0.6 is 0 Å². The second-order valence-corrected chi connectivity index (χ2v) is 8.47. The van der Waals surface area contributed by atoms with E-state index in [0.29, 0.717) is 24.4 Å². The number of nitrogens with zero attached hydrogens (tertiary/aromatic N) is 3. The summed E-state index contributed by atoms with van der Waals surface area (Å²) in [5.41, 5.74) is 6.01. The number of hydrogen-bond acceptors (Lipinski definition) is 3. The minimum Gasteiger partial charge on any atom is -0.335 e. The van der Waals surface area contributed by atoms with Crippen LogP contribution in [0.4, 0.5) is 0 Å². The number of aryl methyl sites for hydroxylation is 2. The topological polar surface area (TPSA) is 50.2 Å². The Morgan fingerprint density at radius 1 is 1.11 bits per heavy atom.